The Morgan fingerprint density at radius 2 is 1.59 bits per heavy atom. The van der Waals surface area contributed by atoms with E-state index >= 15 is 0 Å². The summed E-state index contributed by atoms with van der Waals surface area (Å²) in [5.41, 5.74) is 11.5. The van der Waals surface area contributed by atoms with Crippen LogP contribution in [0.25, 0.3) is 34.0 Å². The summed E-state index contributed by atoms with van der Waals surface area (Å²) >= 11 is 0. The summed E-state index contributed by atoms with van der Waals surface area (Å²) in [7, 11) is 0. The topological polar surface area (TPSA) is 212 Å². The molecule has 13 nitrogen and oxygen atoms in total. The average Bonchev–Trinajstić information content (AvgIpc) is 3.65. The van der Waals surface area contributed by atoms with Gasteiger partial charge in [0.15, 0.2) is 17.8 Å². The van der Waals surface area contributed by atoms with Gasteiger partial charge in [-0.3, -0.25) is 24.1 Å². The van der Waals surface area contributed by atoms with Crippen molar-refractivity contribution in [3.63, 3.8) is 0 Å². The smallest absolute Gasteiger partial charge is 0.324 e. The van der Waals surface area contributed by atoms with Crippen molar-refractivity contribution in [2.24, 2.45) is 22.3 Å². The number of halogens is 1. The fourth-order valence-electron chi connectivity index (χ4n) is 5.69. The van der Waals surface area contributed by atoms with Gasteiger partial charge >= 0.3 is 17.9 Å². The molecule has 288 valence electrons. The molecule has 0 amide bonds. The molecule has 0 aliphatic carbocycles. The highest BCUT2D eigenvalue weighted by Crippen LogP contribution is 2.35. The lowest BCUT2D eigenvalue weighted by Crippen LogP contribution is -2.50. The summed E-state index contributed by atoms with van der Waals surface area (Å²) < 4.78 is 25.5. The zero-order valence-corrected chi connectivity index (χ0v) is 30.8. The van der Waals surface area contributed by atoms with E-state index in [2.05, 4.69) is 15.0 Å². The molecule has 1 saturated heterocycles. The Morgan fingerprint density at radius 1 is 0.944 bits per heavy atom. The first kappa shape index (κ1) is 41.4. The lowest BCUT2D eigenvalue weighted by molar-refractivity contribution is -0.174. The van der Waals surface area contributed by atoms with Crippen LogP contribution in [0.2, 0.25) is 0 Å². The van der Waals surface area contributed by atoms with E-state index in [0.717, 1.165) is 29.5 Å². The molecular weight excluding hydrogens is 697 g/mol. The second-order valence-electron chi connectivity index (χ2n) is 14.3. The Kier molecular flexibility index (Phi) is 14.3. The fraction of sp³-hybridized carbons (Fsp3) is 0.400. The molecule has 0 bridgehead atoms. The maximum Gasteiger partial charge on any atom is 0.324 e. The molecule has 0 saturated carbocycles. The number of carbonyl (C=O) groups is 4. The van der Waals surface area contributed by atoms with Crippen molar-refractivity contribution in [2.45, 2.75) is 65.5 Å². The van der Waals surface area contributed by atoms with Crippen molar-refractivity contribution in [3.05, 3.63) is 84.2 Å². The predicted octanol–water partition coefficient (Wildman–Crippen LogP) is 5.56. The molecule has 6 N–H and O–H groups in total. The normalized spacial score (nSPS) is 14.7. The van der Waals surface area contributed by atoms with Crippen LogP contribution in [0.15, 0.2) is 77.3 Å². The second-order valence-corrected chi connectivity index (χ2v) is 14.3. The average molecular weight is 746 g/mol. The van der Waals surface area contributed by atoms with Crippen LogP contribution in [-0.2, 0) is 30.5 Å². The van der Waals surface area contributed by atoms with E-state index in [1.807, 2.05) is 54.6 Å². The monoisotopic (exact) mass is 745 g/mol. The highest BCUT2D eigenvalue weighted by molar-refractivity contribution is 6.00. The number of nitrogens with zero attached hydrogens (tertiary/aromatic N) is 3. The molecule has 2 heterocycles. The van der Waals surface area contributed by atoms with Crippen molar-refractivity contribution < 1.29 is 43.0 Å². The first-order valence-corrected chi connectivity index (χ1v) is 17.8. The molecule has 3 aromatic carbocycles. The Morgan fingerprint density at radius 3 is 2.17 bits per heavy atom. The largest absolute Gasteiger partial charge is 0.480 e. The number of unbranched alkanes of at least 4 members (excludes halogenated alkanes) is 1. The lowest BCUT2D eigenvalue weighted by atomic mass is 9.78. The predicted molar refractivity (Wildman–Crippen MR) is 199 cm³/mol. The number of likely N-dealkylation sites (tertiary alicyclic amines) is 1. The number of Topliss-reactive ketones (excluding diaryl/α,β-unsaturated/α-hetero) is 1. The van der Waals surface area contributed by atoms with Crippen LogP contribution in [0.5, 0.6) is 0 Å². The molecule has 0 unspecified atom stereocenters. The van der Waals surface area contributed by atoms with Gasteiger partial charge in [-0.25, -0.2) is 4.39 Å². The number of nitrogens with two attached hydrogens (primary N) is 2. The van der Waals surface area contributed by atoms with Crippen LogP contribution in [0, 0.1) is 16.6 Å². The minimum absolute atomic E-state index is 0.0848. The SMILES string of the molecule is CC(C)(C)C(=O)COC(=O)C1(C(=O)O)CCN(Cc2ccc(-c3noc(-c4ccc(-c5ccccc5)c(F)c4)n3)cc2)CC1.NCCCC[C@H](N)C(=O)O. The molecule has 4 aromatic rings. The molecule has 0 spiro atoms. The maximum atomic E-state index is 14.9. The van der Waals surface area contributed by atoms with Crippen molar-refractivity contribution >= 4 is 23.7 Å². The van der Waals surface area contributed by atoms with Gasteiger partial charge in [0, 0.05) is 41.7 Å². The first-order valence-electron chi connectivity index (χ1n) is 17.8. The van der Waals surface area contributed by atoms with Gasteiger partial charge in [-0.15, -0.1) is 0 Å². The summed E-state index contributed by atoms with van der Waals surface area (Å²) in [5.74, 6) is -3.10. The summed E-state index contributed by atoms with van der Waals surface area (Å²) in [6, 6.07) is 20.9. The van der Waals surface area contributed by atoms with Crippen molar-refractivity contribution in [2.75, 3.05) is 26.2 Å². The molecule has 0 radical (unpaired) electrons. The number of ketones is 1. The van der Waals surface area contributed by atoms with Gasteiger partial charge in [0.1, 0.15) is 11.9 Å². The van der Waals surface area contributed by atoms with E-state index in [9.17, 15) is 28.7 Å². The van der Waals surface area contributed by atoms with Crippen LogP contribution in [0.3, 0.4) is 0 Å². The third-order valence-corrected chi connectivity index (χ3v) is 9.31. The van der Waals surface area contributed by atoms with E-state index in [-0.39, 0.29) is 30.3 Å². The maximum absolute atomic E-state index is 14.9. The molecule has 14 heteroatoms. The number of ether oxygens (including phenoxy) is 1. The summed E-state index contributed by atoms with van der Waals surface area (Å²) in [4.78, 5) is 53.8. The number of hydrogen-bond acceptors (Lipinski definition) is 11. The van der Waals surface area contributed by atoms with Gasteiger partial charge in [0.2, 0.25) is 5.82 Å². The van der Waals surface area contributed by atoms with Crippen LogP contribution >= 0.6 is 0 Å². The minimum Gasteiger partial charge on any atom is -0.480 e. The molecule has 1 atom stereocenters. The molecule has 1 aromatic heterocycles. The quantitative estimate of drug-likeness (QED) is 0.0708. The number of piperidine rings is 1. The molecule has 54 heavy (non-hydrogen) atoms. The third-order valence-electron chi connectivity index (χ3n) is 9.31. The number of benzene rings is 3. The molecule has 1 fully saturated rings. The summed E-state index contributed by atoms with van der Waals surface area (Å²) in [5, 5.41) is 22.3. The molecule has 1 aliphatic rings. The zero-order chi connectivity index (χ0) is 39.5. The van der Waals surface area contributed by atoms with Crippen LogP contribution in [0.1, 0.15) is 58.4 Å². The summed E-state index contributed by atoms with van der Waals surface area (Å²) in [6.07, 6.45) is 2.33. The van der Waals surface area contributed by atoms with Gasteiger partial charge in [0.25, 0.3) is 5.89 Å². The Labute approximate surface area is 313 Å². The Bertz CT molecular complexity index is 1880. The summed E-state index contributed by atoms with van der Waals surface area (Å²) in [6.45, 7) is 6.63. The van der Waals surface area contributed by atoms with E-state index < -0.39 is 41.4 Å². The van der Waals surface area contributed by atoms with Gasteiger partial charge in [0.05, 0.1) is 0 Å². The fourth-order valence-corrected chi connectivity index (χ4v) is 5.69. The van der Waals surface area contributed by atoms with E-state index in [0.29, 0.717) is 49.6 Å². The Hall–Kier alpha value is -5.31. The first-order chi connectivity index (χ1) is 25.6. The number of aromatic nitrogens is 2. The number of carbonyl (C=O) groups excluding carboxylic acids is 2. The van der Waals surface area contributed by atoms with E-state index in [1.54, 1.807) is 32.9 Å². The van der Waals surface area contributed by atoms with E-state index in [4.69, 9.17) is 25.8 Å². The standard InChI is InChI=1S/C34H34FN3O6.C6H14N2O2/c1-33(2,3)28(39)21-43-32(42)34(31(40)41)15-17-38(18-16-34)20-22-9-11-24(12-10-22)29-36-30(44-37-29)25-13-14-26(27(35)19-25)23-7-5-4-6-8-23;7-4-2-1-3-5(8)6(9)10/h4-14,19H,15-18,20-21H2,1-3H3,(H,40,41);5H,1-4,7-8H2,(H,9,10)/t;5-/m.0/s1. The van der Waals surface area contributed by atoms with E-state index in [1.165, 1.54) is 6.07 Å². The molecule has 1 aliphatic heterocycles. The zero-order valence-electron chi connectivity index (χ0n) is 30.8. The lowest BCUT2D eigenvalue weighted by Gasteiger charge is -2.37. The number of hydrogen-bond donors (Lipinski definition) is 4. The van der Waals surface area contributed by atoms with Crippen molar-refractivity contribution in [1.82, 2.24) is 15.0 Å². The number of carboxylic acid groups (broad SMARTS) is 2. The number of carboxylic acids is 2. The number of esters is 1. The molecular formula is C40H48FN5O8. The van der Waals surface area contributed by atoms with Gasteiger partial charge in [-0.05, 0) is 55.5 Å². The molecule has 5 rings (SSSR count). The second kappa shape index (κ2) is 18.6. The van der Waals surface area contributed by atoms with Gasteiger partial charge < -0.3 is 30.9 Å². The number of rotatable bonds is 14. The van der Waals surface area contributed by atoms with Crippen molar-refractivity contribution in [1.29, 1.82) is 0 Å². The highest BCUT2D eigenvalue weighted by Gasteiger charge is 2.50. The van der Waals surface area contributed by atoms with Crippen LogP contribution in [0.4, 0.5) is 4.39 Å². The highest BCUT2D eigenvalue weighted by atomic mass is 19.1. The van der Waals surface area contributed by atoms with Crippen molar-refractivity contribution in [3.8, 4) is 34.0 Å². The Balaban J connectivity index is 0.000000571. The third kappa shape index (κ3) is 10.9. The van der Waals surface area contributed by atoms with Crippen LogP contribution < -0.4 is 11.5 Å². The van der Waals surface area contributed by atoms with Crippen LogP contribution in [-0.4, -0.2) is 81.2 Å². The van der Waals surface area contributed by atoms with Gasteiger partial charge in [-0.1, -0.05) is 93.0 Å². The van der Waals surface area contributed by atoms with Gasteiger partial charge in [-0.2, -0.15) is 4.98 Å². The minimum atomic E-state index is -1.67. The number of aliphatic carboxylic acids is 2.